The van der Waals surface area contributed by atoms with Crippen molar-refractivity contribution in [3.05, 3.63) is 30.2 Å². The summed E-state index contributed by atoms with van der Waals surface area (Å²) in [6.07, 6.45) is -2.29. The molecule has 0 unspecified atom stereocenters. The van der Waals surface area contributed by atoms with E-state index >= 15 is 0 Å². The molecule has 5 rings (SSSR count). The normalized spacial score (nSPS) is 23.3. The number of amides is 1. The van der Waals surface area contributed by atoms with Crippen molar-refractivity contribution in [2.75, 3.05) is 11.9 Å². The van der Waals surface area contributed by atoms with Gasteiger partial charge in [-0.05, 0) is 38.7 Å². The van der Waals surface area contributed by atoms with Crippen molar-refractivity contribution in [3.8, 4) is 5.88 Å². The van der Waals surface area contributed by atoms with Crippen LogP contribution in [-0.4, -0.2) is 61.3 Å². The number of nitrogens with zero attached hydrogens (tertiary/aromatic N) is 4. The van der Waals surface area contributed by atoms with Crippen LogP contribution >= 0.6 is 0 Å². The minimum atomic E-state index is -4.48. The van der Waals surface area contributed by atoms with Crippen LogP contribution in [0.25, 0.3) is 5.65 Å². The molecule has 10 nitrogen and oxygen atoms in total. The number of aromatic amines is 1. The summed E-state index contributed by atoms with van der Waals surface area (Å²) < 4.78 is 63.3. The van der Waals surface area contributed by atoms with Gasteiger partial charge in [-0.3, -0.25) is 9.50 Å². The molecule has 0 aliphatic heterocycles. The Balaban J connectivity index is 1.23. The van der Waals surface area contributed by atoms with E-state index < -0.39 is 31.2 Å². The highest BCUT2D eigenvalue weighted by Gasteiger charge is 2.42. The van der Waals surface area contributed by atoms with Gasteiger partial charge in [-0.1, -0.05) is 0 Å². The molecule has 0 bridgehead atoms. The molecule has 0 radical (unpaired) electrons. The molecule has 35 heavy (non-hydrogen) atoms. The van der Waals surface area contributed by atoms with E-state index in [1.165, 1.54) is 22.9 Å². The van der Waals surface area contributed by atoms with Gasteiger partial charge < -0.3 is 20.1 Å². The molecular formula is C21H23F4N7O3. The van der Waals surface area contributed by atoms with Crippen molar-refractivity contribution in [1.29, 1.82) is 0 Å². The number of ether oxygens (including phenoxy) is 2. The van der Waals surface area contributed by atoms with Gasteiger partial charge in [-0.2, -0.15) is 23.3 Å². The number of rotatable bonds is 7. The fourth-order valence-corrected chi connectivity index (χ4v) is 3.99. The number of hydrogen-bond acceptors (Lipinski definition) is 7. The van der Waals surface area contributed by atoms with Crippen molar-refractivity contribution < 1.29 is 31.8 Å². The summed E-state index contributed by atoms with van der Waals surface area (Å²) in [4.78, 5) is 20.2. The summed E-state index contributed by atoms with van der Waals surface area (Å²) in [7, 11) is 0. The first-order valence-corrected chi connectivity index (χ1v) is 11.1. The molecule has 0 aromatic carbocycles. The minimum Gasteiger partial charge on any atom is -0.467 e. The first-order chi connectivity index (χ1) is 16.6. The predicted molar refractivity (Wildman–Crippen MR) is 114 cm³/mol. The molecule has 3 N–H and O–H groups in total. The Labute approximate surface area is 196 Å². The third-order valence-corrected chi connectivity index (χ3v) is 6.11. The first kappa shape index (κ1) is 23.2. The Morgan fingerprint density at radius 3 is 2.89 bits per heavy atom. The molecule has 3 heterocycles. The van der Waals surface area contributed by atoms with Crippen LogP contribution < -0.4 is 15.4 Å². The molecule has 188 valence electrons. The molecule has 2 saturated carbocycles. The molecule has 0 saturated heterocycles. The highest BCUT2D eigenvalue weighted by molar-refractivity contribution is 5.69. The number of carbonyl (C=O) groups excluding carboxylic acids is 1. The molecule has 3 atom stereocenters. The highest BCUT2D eigenvalue weighted by Crippen LogP contribution is 2.39. The maximum absolute atomic E-state index is 14.5. The monoisotopic (exact) mass is 497 g/mol. The van der Waals surface area contributed by atoms with Crippen molar-refractivity contribution in [3.63, 3.8) is 0 Å². The van der Waals surface area contributed by atoms with Crippen molar-refractivity contribution in [1.82, 2.24) is 29.9 Å². The van der Waals surface area contributed by atoms with Crippen LogP contribution in [0.2, 0.25) is 0 Å². The van der Waals surface area contributed by atoms with E-state index in [0.29, 0.717) is 23.6 Å². The summed E-state index contributed by atoms with van der Waals surface area (Å²) in [5.41, 5.74) is 0.731. The van der Waals surface area contributed by atoms with Crippen LogP contribution in [0.4, 0.5) is 34.1 Å². The van der Waals surface area contributed by atoms with Crippen LogP contribution in [0.1, 0.15) is 44.2 Å². The largest absolute Gasteiger partial charge is 0.467 e. The van der Waals surface area contributed by atoms with Gasteiger partial charge in [0.05, 0.1) is 6.20 Å². The fraction of sp³-hybridized carbons (Fsp3) is 0.524. The molecule has 2 aliphatic rings. The maximum Gasteiger partial charge on any atom is 0.422 e. The zero-order valence-electron chi connectivity index (χ0n) is 18.6. The molecule has 2 aliphatic carbocycles. The van der Waals surface area contributed by atoms with E-state index in [4.69, 9.17) is 9.47 Å². The van der Waals surface area contributed by atoms with Crippen molar-refractivity contribution in [2.45, 2.75) is 62.5 Å². The number of carbonyl (C=O) groups is 1. The molecular weight excluding hydrogens is 474 g/mol. The van der Waals surface area contributed by atoms with Gasteiger partial charge in [0, 0.05) is 29.4 Å². The quantitative estimate of drug-likeness (QED) is 0.422. The molecule has 14 heteroatoms. The fourth-order valence-electron chi connectivity index (χ4n) is 3.99. The van der Waals surface area contributed by atoms with Crippen LogP contribution in [0.15, 0.2) is 24.5 Å². The average molecular weight is 497 g/mol. The lowest BCUT2D eigenvalue weighted by atomic mass is 10.0. The minimum absolute atomic E-state index is 0.173. The van der Waals surface area contributed by atoms with E-state index in [1.54, 1.807) is 6.07 Å². The van der Waals surface area contributed by atoms with Gasteiger partial charge in [0.1, 0.15) is 17.9 Å². The van der Waals surface area contributed by atoms with Gasteiger partial charge in [0.2, 0.25) is 11.8 Å². The number of hydrogen-bond donors (Lipinski definition) is 3. The number of nitrogens with one attached hydrogen (secondary N) is 3. The second-order valence-corrected chi connectivity index (χ2v) is 9.13. The smallest absolute Gasteiger partial charge is 0.422 e. The van der Waals surface area contributed by atoms with Crippen LogP contribution in [-0.2, 0) is 4.74 Å². The van der Waals surface area contributed by atoms with Crippen molar-refractivity contribution in [2.24, 2.45) is 0 Å². The Bertz CT molecular complexity index is 1220. The molecule has 1 amide bonds. The van der Waals surface area contributed by atoms with Crippen LogP contribution in [0.3, 0.4) is 0 Å². The van der Waals surface area contributed by atoms with Gasteiger partial charge in [-0.25, -0.2) is 14.2 Å². The number of anilines is 2. The van der Waals surface area contributed by atoms with E-state index in [2.05, 4.69) is 30.8 Å². The van der Waals surface area contributed by atoms with E-state index in [9.17, 15) is 22.4 Å². The van der Waals surface area contributed by atoms with Gasteiger partial charge in [0.25, 0.3) is 0 Å². The Kier molecular flexibility index (Phi) is 5.68. The standard InChI is InChI=1S/C21H23F4N7O3/c1-20(3-4-20)29-19(33)35-14-7-11(6-12(14)22)13-8-15(31-30-13)27-18-26-5-2-16-28-17(9-32(16)18)34-10-21(23,24)25/h2,5,8-9,11-12,14H,3-4,6-7,10H2,1H3,(H,29,33)(H2,26,27,30,31)/t11-,12+,14-/m0/s1. The lowest BCUT2D eigenvalue weighted by Crippen LogP contribution is -2.38. The lowest BCUT2D eigenvalue weighted by Gasteiger charge is -2.17. The number of alkyl halides is 4. The number of H-pyrrole nitrogens is 1. The molecule has 2 fully saturated rings. The Morgan fingerprint density at radius 2 is 2.14 bits per heavy atom. The third kappa shape index (κ3) is 5.41. The van der Waals surface area contributed by atoms with E-state index in [-0.39, 0.29) is 29.7 Å². The first-order valence-electron chi connectivity index (χ1n) is 11.1. The van der Waals surface area contributed by atoms with Crippen molar-refractivity contribution >= 4 is 23.5 Å². The summed E-state index contributed by atoms with van der Waals surface area (Å²) in [5.74, 6) is 0.176. The Morgan fingerprint density at radius 1 is 1.34 bits per heavy atom. The van der Waals surface area contributed by atoms with E-state index in [1.807, 2.05) is 6.92 Å². The number of alkyl carbamates (subject to hydrolysis) is 1. The van der Waals surface area contributed by atoms with Crippen LogP contribution in [0, 0.1) is 0 Å². The zero-order valence-corrected chi connectivity index (χ0v) is 18.6. The summed E-state index contributed by atoms with van der Waals surface area (Å²) in [5, 5.41) is 12.8. The summed E-state index contributed by atoms with van der Waals surface area (Å²) >= 11 is 0. The Hall–Kier alpha value is -3.58. The number of halogens is 4. The molecule has 0 spiro atoms. The summed E-state index contributed by atoms with van der Waals surface area (Å²) in [6, 6.07) is 3.20. The van der Waals surface area contributed by atoms with E-state index in [0.717, 1.165) is 12.8 Å². The maximum atomic E-state index is 14.5. The third-order valence-electron chi connectivity index (χ3n) is 6.11. The average Bonchev–Trinajstić information content (AvgIpc) is 3.15. The topological polar surface area (TPSA) is 118 Å². The second-order valence-electron chi connectivity index (χ2n) is 9.13. The van der Waals surface area contributed by atoms with Gasteiger partial charge in [0.15, 0.2) is 12.4 Å². The molecule has 3 aromatic rings. The number of fused-ring (bicyclic) bond motifs is 1. The molecule has 3 aromatic heterocycles. The number of imidazole rings is 1. The zero-order chi connectivity index (χ0) is 24.8. The number of aromatic nitrogens is 5. The highest BCUT2D eigenvalue weighted by atomic mass is 19.4. The van der Waals surface area contributed by atoms with Crippen LogP contribution in [0.5, 0.6) is 5.88 Å². The lowest BCUT2D eigenvalue weighted by molar-refractivity contribution is -0.154. The second kappa shape index (κ2) is 8.57. The SMILES string of the molecule is CC1(NC(=O)O[C@H]2C[C@@H](c3cc(Nc4nccc5nc(OCC(F)(F)F)cn45)n[nH]3)C[C@H]2F)CC1. The van der Waals surface area contributed by atoms with Gasteiger partial charge in [-0.15, -0.1) is 0 Å². The summed E-state index contributed by atoms with van der Waals surface area (Å²) in [6.45, 7) is 0.450. The predicted octanol–water partition coefficient (Wildman–Crippen LogP) is 4.00. The van der Waals surface area contributed by atoms with Gasteiger partial charge >= 0.3 is 12.3 Å².